The molecule has 0 saturated heterocycles. The van der Waals surface area contributed by atoms with E-state index in [1.54, 1.807) is 18.7 Å². The van der Waals surface area contributed by atoms with Crippen molar-refractivity contribution >= 4 is 5.97 Å². The Bertz CT molecular complexity index is 306. The Morgan fingerprint density at radius 2 is 1.40 bits per heavy atom. The molecule has 0 unspecified atom stereocenters. The van der Waals surface area contributed by atoms with Crippen LogP contribution in [0.15, 0.2) is 18.7 Å². The summed E-state index contributed by atoms with van der Waals surface area (Å²) in [7, 11) is 0. The molecule has 1 aromatic rings. The summed E-state index contributed by atoms with van der Waals surface area (Å²) in [6.45, 7) is 12.7. The van der Waals surface area contributed by atoms with Gasteiger partial charge in [0.25, 0.3) is 0 Å². The number of carboxylic acid groups (broad SMARTS) is 1. The van der Waals surface area contributed by atoms with E-state index >= 15 is 0 Å². The van der Waals surface area contributed by atoms with Gasteiger partial charge in [0, 0.05) is 18.8 Å². The zero-order valence-corrected chi connectivity index (χ0v) is 17.0. The number of aromatic amines is 1. The third kappa shape index (κ3) is 25.0. The van der Waals surface area contributed by atoms with E-state index in [9.17, 15) is 4.79 Å². The minimum absolute atomic E-state index is 0.316. The van der Waals surface area contributed by atoms with Gasteiger partial charge >= 0.3 is 5.97 Å². The zero-order valence-electron chi connectivity index (χ0n) is 17.0. The molecule has 0 fully saturated rings. The third-order valence-electron chi connectivity index (χ3n) is 3.63. The fourth-order valence-corrected chi connectivity index (χ4v) is 2.02. The number of nitrogens with zero attached hydrogens (tertiary/aromatic N) is 2. The molecule has 0 radical (unpaired) electrons. The maximum absolute atomic E-state index is 9.76. The van der Waals surface area contributed by atoms with Gasteiger partial charge < -0.3 is 15.0 Å². The molecule has 5 heteroatoms. The van der Waals surface area contributed by atoms with Gasteiger partial charge in [-0.25, -0.2) is 4.98 Å². The minimum atomic E-state index is -0.693. The van der Waals surface area contributed by atoms with Crippen LogP contribution in [-0.4, -0.2) is 45.6 Å². The topological polar surface area (TPSA) is 69.2 Å². The molecule has 0 saturated carbocycles. The molecular formula is C20H41N3O2. The van der Waals surface area contributed by atoms with Crippen LogP contribution in [0.2, 0.25) is 0 Å². The first kappa shape index (κ1) is 25.9. The molecule has 0 aromatic carbocycles. The van der Waals surface area contributed by atoms with Crippen LogP contribution in [-0.2, 0) is 4.79 Å². The summed E-state index contributed by atoms with van der Waals surface area (Å²) in [5.41, 5.74) is 0. The summed E-state index contributed by atoms with van der Waals surface area (Å²) in [5.74, 6) is -0.693. The summed E-state index contributed by atoms with van der Waals surface area (Å²) >= 11 is 0. The van der Waals surface area contributed by atoms with Gasteiger partial charge in [-0.2, -0.15) is 0 Å². The molecule has 0 aliphatic carbocycles. The third-order valence-corrected chi connectivity index (χ3v) is 3.63. The number of hydrogen-bond donors (Lipinski definition) is 2. The van der Waals surface area contributed by atoms with E-state index in [1.165, 1.54) is 58.2 Å². The molecule has 2 N–H and O–H groups in total. The monoisotopic (exact) mass is 355 g/mol. The van der Waals surface area contributed by atoms with Gasteiger partial charge in [-0.3, -0.25) is 4.79 Å². The fraction of sp³-hybridized carbons (Fsp3) is 0.800. The van der Waals surface area contributed by atoms with Crippen LogP contribution in [0.1, 0.15) is 85.5 Å². The molecule has 0 bridgehead atoms. The van der Waals surface area contributed by atoms with Crippen molar-refractivity contribution in [3.05, 3.63) is 18.7 Å². The normalized spacial score (nSPS) is 9.80. The Morgan fingerprint density at radius 1 is 0.920 bits per heavy atom. The van der Waals surface area contributed by atoms with Crippen molar-refractivity contribution in [1.29, 1.82) is 0 Å². The molecule has 0 aliphatic rings. The highest BCUT2D eigenvalue weighted by molar-refractivity contribution is 5.66. The summed E-state index contributed by atoms with van der Waals surface area (Å²) in [6.07, 6.45) is 15.3. The van der Waals surface area contributed by atoms with E-state index in [2.05, 4.69) is 35.6 Å². The fourth-order valence-electron chi connectivity index (χ4n) is 2.02. The van der Waals surface area contributed by atoms with E-state index in [4.69, 9.17) is 5.11 Å². The summed E-state index contributed by atoms with van der Waals surface area (Å²) in [5, 5.41) is 8.04. The SMILES string of the molecule is CCCCC(=O)O.CCCCN(CCCC)CCCC.c1c[nH]cn1. The van der Waals surface area contributed by atoms with Crippen molar-refractivity contribution in [1.82, 2.24) is 14.9 Å². The number of unbranched alkanes of at least 4 members (excludes halogenated alkanes) is 4. The molecular weight excluding hydrogens is 314 g/mol. The van der Waals surface area contributed by atoms with Crippen molar-refractivity contribution in [3.63, 3.8) is 0 Å². The van der Waals surface area contributed by atoms with Crippen molar-refractivity contribution < 1.29 is 9.90 Å². The average molecular weight is 356 g/mol. The van der Waals surface area contributed by atoms with Crippen LogP contribution in [0, 0.1) is 0 Å². The Balaban J connectivity index is 0. The Morgan fingerprint density at radius 3 is 1.60 bits per heavy atom. The maximum Gasteiger partial charge on any atom is 0.303 e. The lowest BCUT2D eigenvalue weighted by Gasteiger charge is -2.21. The molecule has 25 heavy (non-hydrogen) atoms. The maximum atomic E-state index is 9.76. The number of H-pyrrole nitrogens is 1. The number of carboxylic acids is 1. The van der Waals surface area contributed by atoms with E-state index < -0.39 is 5.97 Å². The van der Waals surface area contributed by atoms with Crippen LogP contribution in [0.5, 0.6) is 0 Å². The number of nitrogens with one attached hydrogen (secondary N) is 1. The lowest BCUT2D eigenvalue weighted by atomic mass is 10.2. The van der Waals surface area contributed by atoms with Gasteiger partial charge in [0.15, 0.2) is 0 Å². The van der Waals surface area contributed by atoms with Crippen LogP contribution < -0.4 is 0 Å². The second kappa shape index (κ2) is 22.6. The van der Waals surface area contributed by atoms with Gasteiger partial charge in [0.1, 0.15) is 0 Å². The largest absolute Gasteiger partial charge is 0.481 e. The minimum Gasteiger partial charge on any atom is -0.481 e. The number of aliphatic carboxylic acids is 1. The molecule has 1 heterocycles. The van der Waals surface area contributed by atoms with Crippen LogP contribution in [0.25, 0.3) is 0 Å². The number of hydrogen-bond acceptors (Lipinski definition) is 3. The van der Waals surface area contributed by atoms with E-state index in [0.717, 1.165) is 12.8 Å². The standard InChI is InChI=1S/C12H27N.C5H10O2.C3H4N2/c1-4-7-10-13(11-8-5-2)12-9-6-3;1-2-3-4-5(6)7;1-2-5-3-4-1/h4-12H2,1-3H3;2-4H2,1H3,(H,6,7);1-3H,(H,4,5). The summed E-state index contributed by atoms with van der Waals surface area (Å²) in [4.78, 5) is 18.8. The highest BCUT2D eigenvalue weighted by atomic mass is 16.4. The van der Waals surface area contributed by atoms with Crippen LogP contribution >= 0.6 is 0 Å². The van der Waals surface area contributed by atoms with Gasteiger partial charge in [-0.1, -0.05) is 53.4 Å². The molecule has 148 valence electrons. The first-order chi connectivity index (χ1) is 12.1. The predicted molar refractivity (Wildman–Crippen MR) is 107 cm³/mol. The van der Waals surface area contributed by atoms with E-state index in [1.807, 2.05) is 6.92 Å². The second-order valence-corrected chi connectivity index (χ2v) is 6.16. The van der Waals surface area contributed by atoms with Crippen LogP contribution in [0.3, 0.4) is 0 Å². The Hall–Kier alpha value is -1.36. The molecule has 0 spiro atoms. The zero-order chi connectivity index (χ0) is 19.2. The quantitative estimate of drug-likeness (QED) is 0.529. The highest BCUT2D eigenvalue weighted by Gasteiger charge is 2.01. The summed E-state index contributed by atoms with van der Waals surface area (Å²) < 4.78 is 0. The van der Waals surface area contributed by atoms with Crippen molar-refractivity contribution in [2.45, 2.75) is 85.5 Å². The predicted octanol–water partition coefficient (Wildman–Crippen LogP) is 5.36. The average Bonchev–Trinajstić information content (AvgIpc) is 3.20. The van der Waals surface area contributed by atoms with Crippen molar-refractivity contribution in [2.24, 2.45) is 0 Å². The van der Waals surface area contributed by atoms with Crippen LogP contribution in [0.4, 0.5) is 0 Å². The van der Waals surface area contributed by atoms with Crippen molar-refractivity contribution in [3.8, 4) is 0 Å². The van der Waals surface area contributed by atoms with Gasteiger partial charge in [0.05, 0.1) is 6.33 Å². The summed E-state index contributed by atoms with van der Waals surface area (Å²) in [6, 6.07) is 0. The number of rotatable bonds is 12. The molecule has 1 rings (SSSR count). The van der Waals surface area contributed by atoms with Gasteiger partial charge in [0.2, 0.25) is 0 Å². The van der Waals surface area contributed by atoms with E-state index in [0.29, 0.717) is 6.42 Å². The first-order valence-corrected chi connectivity index (χ1v) is 9.99. The molecule has 5 nitrogen and oxygen atoms in total. The highest BCUT2D eigenvalue weighted by Crippen LogP contribution is 2.01. The molecule has 1 aromatic heterocycles. The van der Waals surface area contributed by atoms with Crippen molar-refractivity contribution in [2.75, 3.05) is 19.6 Å². The number of aromatic nitrogens is 2. The molecule has 0 amide bonds. The smallest absolute Gasteiger partial charge is 0.303 e. The lowest BCUT2D eigenvalue weighted by Crippen LogP contribution is -2.27. The first-order valence-electron chi connectivity index (χ1n) is 9.99. The van der Waals surface area contributed by atoms with E-state index in [-0.39, 0.29) is 0 Å². The van der Waals surface area contributed by atoms with Gasteiger partial charge in [-0.05, 0) is 45.3 Å². The number of carbonyl (C=O) groups is 1. The van der Waals surface area contributed by atoms with Gasteiger partial charge in [-0.15, -0.1) is 0 Å². The molecule has 0 aliphatic heterocycles. The molecule has 0 atom stereocenters. The lowest BCUT2D eigenvalue weighted by molar-refractivity contribution is -0.137. The number of imidazole rings is 1. The Labute approximate surface area is 155 Å². The Kier molecular flexibility index (Phi) is 23.4. The second-order valence-electron chi connectivity index (χ2n) is 6.16.